The summed E-state index contributed by atoms with van der Waals surface area (Å²) < 4.78 is 2.43. The van der Waals surface area contributed by atoms with E-state index in [9.17, 15) is 4.79 Å². The quantitative estimate of drug-likeness (QED) is 0.891. The maximum Gasteiger partial charge on any atom is 0.273 e. The third-order valence-corrected chi connectivity index (χ3v) is 5.54. The van der Waals surface area contributed by atoms with Crippen LogP contribution in [0.4, 0.5) is 0 Å². The van der Waals surface area contributed by atoms with Crippen molar-refractivity contribution in [3.8, 4) is 0 Å². The molecule has 0 bridgehead atoms. The minimum absolute atomic E-state index is 0.0377. The Bertz CT molecular complexity index is 694. The van der Waals surface area contributed by atoms with Crippen LogP contribution in [-0.2, 0) is 0 Å². The molecule has 2 aromatic heterocycles. The lowest BCUT2D eigenvalue weighted by atomic mass is 9.58. The highest BCUT2D eigenvalue weighted by molar-refractivity contribution is 9.10. The first-order valence-electron chi connectivity index (χ1n) is 7.09. The molecule has 2 unspecified atom stereocenters. The van der Waals surface area contributed by atoms with Gasteiger partial charge in [0, 0.05) is 12.2 Å². The van der Waals surface area contributed by atoms with Crippen molar-refractivity contribution in [3.63, 3.8) is 0 Å². The van der Waals surface area contributed by atoms with Gasteiger partial charge in [-0.05, 0) is 52.4 Å². The summed E-state index contributed by atoms with van der Waals surface area (Å²) in [6, 6.07) is 5.88. The van der Waals surface area contributed by atoms with Gasteiger partial charge in [0.05, 0.1) is 9.99 Å². The number of amides is 1. The number of hydrogen-bond acceptors (Lipinski definition) is 3. The molecule has 0 saturated heterocycles. The molecule has 2 atom stereocenters. The van der Waals surface area contributed by atoms with Crippen LogP contribution in [0.5, 0.6) is 0 Å². The highest BCUT2D eigenvalue weighted by atomic mass is 79.9. The van der Waals surface area contributed by atoms with Gasteiger partial charge in [0.2, 0.25) is 0 Å². The van der Waals surface area contributed by atoms with Crippen molar-refractivity contribution in [2.45, 2.75) is 26.3 Å². The zero-order valence-corrected chi connectivity index (χ0v) is 13.7. The smallest absolute Gasteiger partial charge is 0.273 e. The Hall–Kier alpha value is -1.40. The number of carbonyl (C=O) groups is 1. The first-order chi connectivity index (χ1) is 9.95. The van der Waals surface area contributed by atoms with E-state index in [0.717, 1.165) is 16.4 Å². The van der Waals surface area contributed by atoms with Gasteiger partial charge in [-0.25, -0.2) is 4.52 Å². The molecule has 2 heterocycles. The van der Waals surface area contributed by atoms with Crippen LogP contribution in [0.1, 0.15) is 30.8 Å². The number of nitrogens with one attached hydrogen (secondary N) is 1. The minimum atomic E-state index is -0.140. The minimum Gasteiger partial charge on any atom is -0.347 e. The van der Waals surface area contributed by atoms with Crippen LogP contribution in [0.15, 0.2) is 28.9 Å². The first-order valence-corrected chi connectivity index (χ1v) is 7.88. The second kappa shape index (κ2) is 5.10. The third-order valence-electron chi connectivity index (χ3n) is 4.76. The average Bonchev–Trinajstić information content (AvgIpc) is 2.80. The Kier molecular flexibility index (Phi) is 3.53. The van der Waals surface area contributed by atoms with Crippen LogP contribution in [-0.4, -0.2) is 28.1 Å². The van der Waals surface area contributed by atoms with E-state index < -0.39 is 0 Å². The number of nitrogens with two attached hydrogens (primary N) is 1. The number of fused-ring (bicyclic) bond motifs is 1. The lowest BCUT2D eigenvalue weighted by Gasteiger charge is -2.52. The maximum atomic E-state index is 12.5. The highest BCUT2D eigenvalue weighted by Crippen LogP contribution is 2.45. The van der Waals surface area contributed by atoms with E-state index in [1.165, 1.54) is 0 Å². The summed E-state index contributed by atoms with van der Waals surface area (Å²) in [4.78, 5) is 12.5. The van der Waals surface area contributed by atoms with Gasteiger partial charge in [0.25, 0.3) is 5.91 Å². The summed E-state index contributed by atoms with van der Waals surface area (Å²) in [6.45, 7) is 4.97. The Labute approximate surface area is 132 Å². The molecule has 112 valence electrons. The largest absolute Gasteiger partial charge is 0.347 e. The van der Waals surface area contributed by atoms with Crippen molar-refractivity contribution >= 4 is 27.4 Å². The normalized spacial score (nSPS) is 23.8. The summed E-state index contributed by atoms with van der Waals surface area (Å²) in [5, 5.41) is 7.43. The van der Waals surface area contributed by atoms with E-state index >= 15 is 0 Å². The van der Waals surface area contributed by atoms with Crippen molar-refractivity contribution in [2.24, 2.45) is 17.1 Å². The average molecular weight is 351 g/mol. The van der Waals surface area contributed by atoms with Crippen LogP contribution in [0.25, 0.3) is 5.52 Å². The molecule has 1 saturated carbocycles. The molecule has 0 aromatic carbocycles. The number of pyridine rings is 1. The topological polar surface area (TPSA) is 72.4 Å². The summed E-state index contributed by atoms with van der Waals surface area (Å²) in [7, 11) is 0. The van der Waals surface area contributed by atoms with E-state index in [1.807, 2.05) is 24.4 Å². The van der Waals surface area contributed by atoms with Crippen molar-refractivity contribution in [1.29, 1.82) is 0 Å². The highest BCUT2D eigenvalue weighted by Gasteiger charge is 2.48. The van der Waals surface area contributed by atoms with Crippen LogP contribution < -0.4 is 11.1 Å². The molecule has 3 rings (SSSR count). The van der Waals surface area contributed by atoms with Gasteiger partial charge in [-0.3, -0.25) is 4.79 Å². The monoisotopic (exact) mass is 350 g/mol. The molecule has 2 aromatic rings. The van der Waals surface area contributed by atoms with Gasteiger partial charge < -0.3 is 11.1 Å². The zero-order valence-electron chi connectivity index (χ0n) is 12.1. The standard InChI is InChI=1S/C15H19BrN4O/c1-15(2)9(8-17)7-11(15)18-14(21)13-12(16)10-5-3-4-6-20(10)19-13/h3-6,9,11H,7-8,17H2,1-2H3,(H,18,21). The van der Waals surface area contributed by atoms with Gasteiger partial charge in [-0.1, -0.05) is 19.9 Å². The summed E-state index contributed by atoms with van der Waals surface area (Å²) in [5.41, 5.74) is 7.10. The SMILES string of the molecule is CC1(C)C(CN)CC1NC(=O)c1nn2ccccc2c1Br. The number of rotatable bonds is 3. The van der Waals surface area contributed by atoms with E-state index in [2.05, 4.69) is 40.2 Å². The van der Waals surface area contributed by atoms with E-state index in [0.29, 0.717) is 18.2 Å². The van der Waals surface area contributed by atoms with E-state index in [-0.39, 0.29) is 17.4 Å². The summed E-state index contributed by atoms with van der Waals surface area (Å²) >= 11 is 3.47. The summed E-state index contributed by atoms with van der Waals surface area (Å²) in [5.74, 6) is 0.325. The van der Waals surface area contributed by atoms with E-state index in [1.54, 1.807) is 4.52 Å². The molecule has 5 nitrogen and oxygen atoms in total. The maximum absolute atomic E-state index is 12.5. The lowest BCUT2D eigenvalue weighted by Crippen LogP contribution is -2.60. The molecule has 1 fully saturated rings. The Morgan fingerprint density at radius 1 is 1.57 bits per heavy atom. The fourth-order valence-corrected chi connectivity index (χ4v) is 3.57. The number of nitrogens with zero attached hydrogens (tertiary/aromatic N) is 2. The second-order valence-electron chi connectivity index (χ2n) is 6.21. The van der Waals surface area contributed by atoms with Gasteiger partial charge in [-0.2, -0.15) is 5.10 Å². The fourth-order valence-electron chi connectivity index (χ4n) is 3.00. The molecular weight excluding hydrogens is 332 g/mol. The van der Waals surface area contributed by atoms with Gasteiger partial charge >= 0.3 is 0 Å². The van der Waals surface area contributed by atoms with Crippen LogP contribution in [0.3, 0.4) is 0 Å². The lowest BCUT2D eigenvalue weighted by molar-refractivity contribution is 0.0198. The molecule has 6 heteroatoms. The molecule has 0 radical (unpaired) electrons. The van der Waals surface area contributed by atoms with E-state index in [4.69, 9.17) is 5.73 Å². The molecule has 0 aliphatic heterocycles. The zero-order chi connectivity index (χ0) is 15.2. The predicted molar refractivity (Wildman–Crippen MR) is 85.1 cm³/mol. The van der Waals surface area contributed by atoms with Crippen LogP contribution >= 0.6 is 15.9 Å². The number of hydrogen-bond donors (Lipinski definition) is 2. The molecule has 1 aliphatic carbocycles. The Morgan fingerprint density at radius 3 is 2.95 bits per heavy atom. The number of aromatic nitrogens is 2. The molecule has 3 N–H and O–H groups in total. The fraction of sp³-hybridized carbons (Fsp3) is 0.467. The van der Waals surface area contributed by atoms with Gasteiger partial charge in [-0.15, -0.1) is 0 Å². The molecular formula is C15H19BrN4O. The molecule has 0 spiro atoms. The van der Waals surface area contributed by atoms with Crippen molar-refractivity contribution < 1.29 is 4.79 Å². The van der Waals surface area contributed by atoms with Crippen molar-refractivity contribution in [3.05, 3.63) is 34.6 Å². The predicted octanol–water partition coefficient (Wildman–Crippen LogP) is 2.20. The number of carbonyl (C=O) groups excluding carboxylic acids is 1. The van der Waals surface area contributed by atoms with Crippen LogP contribution in [0, 0.1) is 11.3 Å². The van der Waals surface area contributed by atoms with Crippen LogP contribution in [0.2, 0.25) is 0 Å². The third kappa shape index (κ3) is 2.26. The Morgan fingerprint density at radius 2 is 2.33 bits per heavy atom. The number of halogens is 1. The van der Waals surface area contributed by atoms with Crippen molar-refractivity contribution in [2.75, 3.05) is 6.54 Å². The Balaban J connectivity index is 1.81. The summed E-state index contributed by atoms with van der Waals surface area (Å²) in [6.07, 6.45) is 2.76. The van der Waals surface area contributed by atoms with Crippen molar-refractivity contribution in [1.82, 2.24) is 14.9 Å². The molecule has 21 heavy (non-hydrogen) atoms. The molecule has 1 aliphatic rings. The first kappa shape index (κ1) is 14.5. The molecule has 1 amide bonds. The van der Waals surface area contributed by atoms with Gasteiger partial charge in [0.1, 0.15) is 0 Å². The second-order valence-corrected chi connectivity index (χ2v) is 7.00. The van der Waals surface area contributed by atoms with Gasteiger partial charge in [0.15, 0.2) is 5.69 Å².